The molecule has 0 spiro atoms. The molecule has 1 aliphatic heterocycles. The van der Waals surface area contributed by atoms with Crippen LogP contribution in [0.1, 0.15) is 11.1 Å². The van der Waals surface area contributed by atoms with Crippen molar-refractivity contribution in [1.29, 1.82) is 0 Å². The minimum absolute atomic E-state index is 0.0938. The monoisotopic (exact) mass is 408 g/mol. The van der Waals surface area contributed by atoms with E-state index in [0.717, 1.165) is 11.1 Å². The second-order valence-corrected chi connectivity index (χ2v) is 8.94. The topological polar surface area (TPSA) is 113 Å². The van der Waals surface area contributed by atoms with Gasteiger partial charge in [-0.3, -0.25) is 0 Å². The van der Waals surface area contributed by atoms with Gasteiger partial charge >= 0.3 is 0 Å². The summed E-state index contributed by atoms with van der Waals surface area (Å²) in [5.74, 6) is -0.549. The van der Waals surface area contributed by atoms with Gasteiger partial charge in [0.25, 0.3) is 0 Å². The first-order valence-corrected chi connectivity index (χ1v) is 10.6. The summed E-state index contributed by atoms with van der Waals surface area (Å²) in [5, 5.41) is 30.5. The molecular weight excluding hydrogens is 384 g/mol. The average molecular weight is 408 g/mol. The first kappa shape index (κ1) is 20.9. The highest BCUT2D eigenvalue weighted by Gasteiger charge is 2.45. The third-order valence-electron chi connectivity index (χ3n) is 4.69. The zero-order valence-corrected chi connectivity index (χ0v) is 16.2. The Balaban J connectivity index is 1.71. The Morgan fingerprint density at radius 2 is 1.57 bits per heavy atom. The van der Waals surface area contributed by atoms with Gasteiger partial charge in [0.1, 0.15) is 24.4 Å². The molecule has 2 aromatic carbocycles. The van der Waals surface area contributed by atoms with Gasteiger partial charge in [-0.1, -0.05) is 48.0 Å². The third-order valence-corrected chi connectivity index (χ3v) is 6.45. The fourth-order valence-electron chi connectivity index (χ4n) is 3.00. The Labute approximate surface area is 164 Å². The van der Waals surface area contributed by atoms with Crippen LogP contribution in [0.5, 0.6) is 0 Å². The van der Waals surface area contributed by atoms with E-state index in [4.69, 9.17) is 9.47 Å². The van der Waals surface area contributed by atoms with Crippen molar-refractivity contribution in [2.24, 2.45) is 0 Å². The highest BCUT2D eigenvalue weighted by atomic mass is 32.2. The number of benzene rings is 2. The summed E-state index contributed by atoms with van der Waals surface area (Å²) in [4.78, 5) is 0.0938. The largest absolute Gasteiger partial charge is 0.388 e. The number of aryl methyl sites for hydroxylation is 1. The first-order chi connectivity index (χ1) is 13.3. The van der Waals surface area contributed by atoms with Crippen LogP contribution in [-0.4, -0.2) is 60.2 Å². The molecule has 8 heteroatoms. The second-order valence-electron chi connectivity index (χ2n) is 6.91. The quantitative estimate of drug-likeness (QED) is 0.648. The molecular formula is C20H24O7S. The Kier molecular flexibility index (Phi) is 6.49. The van der Waals surface area contributed by atoms with E-state index in [1.165, 1.54) is 12.1 Å². The minimum atomic E-state index is -3.77. The van der Waals surface area contributed by atoms with Crippen molar-refractivity contribution in [1.82, 2.24) is 0 Å². The maximum atomic E-state index is 12.7. The summed E-state index contributed by atoms with van der Waals surface area (Å²) in [7, 11) is -3.77. The molecule has 152 valence electrons. The molecule has 3 N–H and O–H groups in total. The summed E-state index contributed by atoms with van der Waals surface area (Å²) >= 11 is 0. The molecule has 0 amide bonds. The number of rotatable bonds is 6. The molecule has 1 unspecified atom stereocenters. The molecule has 1 heterocycles. The lowest BCUT2D eigenvalue weighted by Gasteiger charge is -2.40. The van der Waals surface area contributed by atoms with Crippen LogP contribution in [0.4, 0.5) is 0 Å². The number of aliphatic hydroxyl groups excluding tert-OH is 3. The smallest absolute Gasteiger partial charge is 0.186 e. The molecule has 0 radical (unpaired) electrons. The molecule has 7 nitrogen and oxygen atoms in total. The number of hydrogen-bond donors (Lipinski definition) is 3. The molecule has 0 aromatic heterocycles. The van der Waals surface area contributed by atoms with Gasteiger partial charge in [-0.05, 0) is 24.6 Å². The van der Waals surface area contributed by atoms with Gasteiger partial charge in [0.05, 0.1) is 17.3 Å². The number of aliphatic hydroxyl groups is 3. The van der Waals surface area contributed by atoms with E-state index in [9.17, 15) is 23.7 Å². The number of sulfone groups is 1. The van der Waals surface area contributed by atoms with Crippen molar-refractivity contribution in [3.63, 3.8) is 0 Å². The molecule has 1 aliphatic rings. The van der Waals surface area contributed by atoms with Crippen LogP contribution in [0, 0.1) is 6.92 Å². The molecule has 0 bridgehead atoms. The van der Waals surface area contributed by atoms with Crippen molar-refractivity contribution in [3.05, 3.63) is 65.7 Å². The summed E-state index contributed by atoms with van der Waals surface area (Å²) in [6, 6.07) is 15.5. The summed E-state index contributed by atoms with van der Waals surface area (Å²) in [5.41, 5.74) is 1.74. The SMILES string of the molecule is Cc1ccc(S(=O)(=O)C[C@H]2OC(OCc3ccccc3)[C@@H](O)[C@@H](O)[C@@H]2O)cc1. The van der Waals surface area contributed by atoms with Gasteiger partial charge < -0.3 is 24.8 Å². The first-order valence-electron chi connectivity index (χ1n) is 8.92. The number of ether oxygens (including phenoxy) is 2. The molecule has 3 rings (SSSR count). The average Bonchev–Trinajstić information content (AvgIpc) is 2.68. The summed E-state index contributed by atoms with van der Waals surface area (Å²) < 4.78 is 36.4. The van der Waals surface area contributed by atoms with Crippen LogP contribution in [0.2, 0.25) is 0 Å². The van der Waals surface area contributed by atoms with Crippen LogP contribution in [0.25, 0.3) is 0 Å². The van der Waals surface area contributed by atoms with Crippen LogP contribution < -0.4 is 0 Å². The Bertz CT molecular complexity index is 867. The van der Waals surface area contributed by atoms with E-state index in [-0.39, 0.29) is 11.5 Å². The van der Waals surface area contributed by atoms with E-state index in [0.29, 0.717) is 0 Å². The normalized spacial score (nSPS) is 28.2. The predicted octanol–water partition coefficient (Wildman–Crippen LogP) is 0.793. The Morgan fingerprint density at radius 1 is 0.929 bits per heavy atom. The van der Waals surface area contributed by atoms with Gasteiger partial charge in [-0.2, -0.15) is 0 Å². The van der Waals surface area contributed by atoms with Crippen molar-refractivity contribution in [2.45, 2.75) is 49.1 Å². The molecule has 0 aliphatic carbocycles. The second kappa shape index (κ2) is 8.69. The molecule has 28 heavy (non-hydrogen) atoms. The van der Waals surface area contributed by atoms with Gasteiger partial charge in [-0.15, -0.1) is 0 Å². The van der Waals surface area contributed by atoms with E-state index in [1.54, 1.807) is 12.1 Å². The zero-order chi connectivity index (χ0) is 20.3. The summed E-state index contributed by atoms with van der Waals surface area (Å²) in [6.45, 7) is 1.94. The van der Waals surface area contributed by atoms with Crippen LogP contribution in [0.3, 0.4) is 0 Å². The van der Waals surface area contributed by atoms with Crippen molar-refractivity contribution >= 4 is 9.84 Å². The lowest BCUT2D eigenvalue weighted by atomic mass is 10.00. The standard InChI is InChI=1S/C20H24O7S/c1-13-7-9-15(10-8-13)28(24,25)12-16-17(21)18(22)19(23)20(27-16)26-11-14-5-3-2-4-6-14/h2-10,16-23H,11-12H2,1H3/t16-,17-,18+,19+,20?/m1/s1. The molecule has 5 atom stereocenters. The van der Waals surface area contributed by atoms with Crippen LogP contribution >= 0.6 is 0 Å². The minimum Gasteiger partial charge on any atom is -0.388 e. The molecule has 0 saturated carbocycles. The van der Waals surface area contributed by atoms with Crippen LogP contribution in [-0.2, 0) is 25.9 Å². The number of hydrogen-bond acceptors (Lipinski definition) is 7. The highest BCUT2D eigenvalue weighted by molar-refractivity contribution is 7.91. The van der Waals surface area contributed by atoms with Gasteiger partial charge in [0.2, 0.25) is 0 Å². The maximum absolute atomic E-state index is 12.7. The van der Waals surface area contributed by atoms with Gasteiger partial charge in [0, 0.05) is 0 Å². The van der Waals surface area contributed by atoms with Crippen LogP contribution in [0.15, 0.2) is 59.5 Å². The lowest BCUT2D eigenvalue weighted by molar-refractivity contribution is -0.295. The molecule has 1 fully saturated rings. The molecule has 1 saturated heterocycles. The van der Waals surface area contributed by atoms with Crippen molar-refractivity contribution < 1.29 is 33.2 Å². The van der Waals surface area contributed by atoms with E-state index >= 15 is 0 Å². The lowest BCUT2D eigenvalue weighted by Crippen LogP contribution is -2.59. The Morgan fingerprint density at radius 3 is 2.21 bits per heavy atom. The van der Waals surface area contributed by atoms with Gasteiger partial charge in [0.15, 0.2) is 16.1 Å². The van der Waals surface area contributed by atoms with Crippen molar-refractivity contribution in [2.75, 3.05) is 5.75 Å². The highest BCUT2D eigenvalue weighted by Crippen LogP contribution is 2.26. The zero-order valence-electron chi connectivity index (χ0n) is 15.4. The third kappa shape index (κ3) is 4.78. The summed E-state index contributed by atoms with van der Waals surface area (Å²) in [6.07, 6.45) is -7.17. The van der Waals surface area contributed by atoms with E-state index < -0.39 is 46.3 Å². The van der Waals surface area contributed by atoms with Gasteiger partial charge in [-0.25, -0.2) is 8.42 Å². The Hall–Kier alpha value is -1.81. The van der Waals surface area contributed by atoms with Crippen molar-refractivity contribution in [3.8, 4) is 0 Å². The van der Waals surface area contributed by atoms with E-state index in [1.807, 2.05) is 37.3 Å². The fourth-order valence-corrected chi connectivity index (χ4v) is 4.45. The fraction of sp³-hybridized carbons (Fsp3) is 0.400. The predicted molar refractivity (Wildman–Crippen MR) is 101 cm³/mol. The maximum Gasteiger partial charge on any atom is 0.186 e. The molecule has 2 aromatic rings. The van der Waals surface area contributed by atoms with E-state index in [2.05, 4.69) is 0 Å².